The van der Waals surface area contributed by atoms with Crippen LogP contribution in [0.2, 0.25) is 0 Å². The summed E-state index contributed by atoms with van der Waals surface area (Å²) in [4.78, 5) is 55.4. The smallest absolute Gasteiger partial charge is 0.328 e. The molecule has 3 unspecified atom stereocenters. The molecule has 3 aliphatic carbocycles. The minimum Gasteiger partial charge on any atom is -0.478 e. The van der Waals surface area contributed by atoms with Gasteiger partial charge in [0.1, 0.15) is 5.54 Å². The van der Waals surface area contributed by atoms with E-state index in [2.05, 4.69) is 49.8 Å². The maximum Gasteiger partial charge on any atom is 0.328 e. The van der Waals surface area contributed by atoms with Crippen LogP contribution in [0.4, 0.5) is 5.69 Å². The third-order valence-electron chi connectivity index (χ3n) is 12.6. The largest absolute Gasteiger partial charge is 0.478 e. The zero-order chi connectivity index (χ0) is 37.2. The molecule has 54 heavy (non-hydrogen) atoms. The highest BCUT2D eigenvalue weighted by atomic mass is 16.4. The maximum absolute atomic E-state index is 14.3. The van der Waals surface area contributed by atoms with Gasteiger partial charge >= 0.3 is 5.97 Å². The van der Waals surface area contributed by atoms with E-state index in [0.29, 0.717) is 42.1 Å². The number of carbonyl (C=O) groups is 4. The van der Waals surface area contributed by atoms with Gasteiger partial charge in [-0.25, -0.2) is 4.79 Å². The van der Waals surface area contributed by atoms with Crippen molar-refractivity contribution >= 4 is 46.4 Å². The summed E-state index contributed by atoms with van der Waals surface area (Å²) in [5.74, 6) is -0.852. The molecule has 9 heteroatoms. The number of anilines is 1. The van der Waals surface area contributed by atoms with Gasteiger partial charge in [-0.1, -0.05) is 61.8 Å². The summed E-state index contributed by atoms with van der Waals surface area (Å²) in [6, 6.07) is 13.0. The Bertz CT molecular complexity index is 2080. The van der Waals surface area contributed by atoms with Crippen LogP contribution in [-0.4, -0.2) is 56.9 Å². The van der Waals surface area contributed by atoms with Crippen LogP contribution in [0.3, 0.4) is 0 Å². The molecular weight excluding hydrogens is 677 g/mol. The van der Waals surface area contributed by atoms with Crippen molar-refractivity contribution in [1.29, 1.82) is 0 Å². The number of hydrogen-bond acceptors (Lipinski definition) is 4. The fourth-order valence-corrected chi connectivity index (χ4v) is 9.88. The number of hydrogen-bond donors (Lipinski definition) is 3. The van der Waals surface area contributed by atoms with Crippen LogP contribution >= 0.6 is 0 Å². The first kappa shape index (κ1) is 35.9. The quantitative estimate of drug-likeness (QED) is 0.160. The summed E-state index contributed by atoms with van der Waals surface area (Å²) in [5, 5.41) is 16.3. The molecule has 1 saturated heterocycles. The second kappa shape index (κ2) is 15.3. The van der Waals surface area contributed by atoms with Crippen molar-refractivity contribution < 1.29 is 24.3 Å². The molecule has 2 saturated carbocycles. The molecule has 1 aromatic heterocycles. The van der Waals surface area contributed by atoms with Gasteiger partial charge in [0.25, 0.3) is 5.91 Å². The third kappa shape index (κ3) is 7.11. The number of allylic oxidation sites excluding steroid dienone is 2. The van der Waals surface area contributed by atoms with Gasteiger partial charge in [0.15, 0.2) is 0 Å². The van der Waals surface area contributed by atoms with E-state index in [-0.39, 0.29) is 35.5 Å². The SMILES string of the molecule is O=C(O)/C=C/c1ccc(NC(=O)C2(NC(=O)c3ccc4c(C5CCCCC5)c5n(c4c3)CC(C(=O)N3CCCCC3)CC3C=C=C=CC53)CCCC2)cc1. The Hall–Kier alpha value is -5.10. The number of carboxylic acids is 1. The topological polar surface area (TPSA) is 121 Å². The number of aromatic nitrogens is 1. The zero-order valence-electron chi connectivity index (χ0n) is 30.9. The first-order chi connectivity index (χ1) is 26.3. The van der Waals surface area contributed by atoms with Crippen LogP contribution in [0.15, 0.2) is 72.2 Å². The summed E-state index contributed by atoms with van der Waals surface area (Å²) in [5.41, 5.74) is 10.9. The number of benzene rings is 2. The number of rotatable bonds is 8. The van der Waals surface area contributed by atoms with E-state index in [4.69, 9.17) is 5.11 Å². The summed E-state index contributed by atoms with van der Waals surface area (Å²) >= 11 is 0. The molecule has 8 rings (SSSR count). The number of carbonyl (C=O) groups excluding carboxylic acids is 3. The van der Waals surface area contributed by atoms with E-state index in [1.807, 2.05) is 12.1 Å². The highest BCUT2D eigenvalue weighted by Crippen LogP contribution is 2.48. The van der Waals surface area contributed by atoms with Gasteiger partial charge in [-0.05, 0) is 117 Å². The summed E-state index contributed by atoms with van der Waals surface area (Å²) in [7, 11) is 0. The summed E-state index contributed by atoms with van der Waals surface area (Å²) < 4.78 is 2.39. The van der Waals surface area contributed by atoms with Crippen molar-refractivity contribution in [2.24, 2.45) is 11.8 Å². The van der Waals surface area contributed by atoms with Gasteiger partial charge in [-0.2, -0.15) is 0 Å². The molecule has 2 aromatic carbocycles. The molecule has 2 aliphatic heterocycles. The van der Waals surface area contributed by atoms with E-state index >= 15 is 0 Å². The zero-order valence-corrected chi connectivity index (χ0v) is 30.9. The molecule has 0 radical (unpaired) electrons. The number of likely N-dealkylation sites (tertiary alicyclic amines) is 1. The number of aliphatic carboxylic acids is 1. The number of amides is 3. The first-order valence-corrected chi connectivity index (χ1v) is 20.1. The van der Waals surface area contributed by atoms with E-state index in [9.17, 15) is 19.2 Å². The second-order valence-electron chi connectivity index (χ2n) is 16.1. The Balaban J connectivity index is 1.13. The minimum atomic E-state index is -1.05. The van der Waals surface area contributed by atoms with Crippen LogP contribution in [0, 0.1) is 11.8 Å². The molecule has 3 heterocycles. The summed E-state index contributed by atoms with van der Waals surface area (Å²) in [6.45, 7) is 2.21. The molecule has 5 aliphatic rings. The number of nitrogens with one attached hydrogen (secondary N) is 2. The van der Waals surface area contributed by atoms with Gasteiger partial charge in [-0.3, -0.25) is 14.4 Å². The lowest BCUT2D eigenvalue weighted by Gasteiger charge is -2.31. The van der Waals surface area contributed by atoms with Gasteiger partial charge in [0, 0.05) is 59.5 Å². The Morgan fingerprint density at radius 2 is 1.57 bits per heavy atom. The fourth-order valence-electron chi connectivity index (χ4n) is 9.88. The second-order valence-corrected chi connectivity index (χ2v) is 16.1. The van der Waals surface area contributed by atoms with Crippen molar-refractivity contribution in [1.82, 2.24) is 14.8 Å². The standard InChI is InChI=1S/C45H50N4O5/c50-39(51)22-17-30-15-19-35(20-16-30)46-44(54)45(23-7-8-24-45)47-42(52)33-18-21-37-38(28-33)49-29-34(43(53)48-25-9-2-10-26-48)27-32-13-5-6-14-36(32)41(49)40(37)31-11-3-1-4-12-31/h13-22,28,31-32,34,36H,1-4,7-12,23-27,29H2,(H,46,54)(H,47,52)(H,50,51)/b22-17+. The van der Waals surface area contributed by atoms with Crippen LogP contribution in [-0.2, 0) is 20.9 Å². The van der Waals surface area contributed by atoms with E-state index < -0.39 is 11.5 Å². The Labute approximate surface area is 316 Å². The molecular formula is C45H50N4O5. The fraction of sp³-hybridized carbons (Fsp3) is 0.467. The Morgan fingerprint density at radius 1 is 0.852 bits per heavy atom. The lowest BCUT2D eigenvalue weighted by Crippen LogP contribution is -2.55. The third-order valence-corrected chi connectivity index (χ3v) is 12.6. The van der Waals surface area contributed by atoms with Gasteiger partial charge < -0.3 is 25.2 Å². The lowest BCUT2D eigenvalue weighted by molar-refractivity contribution is -0.137. The highest BCUT2D eigenvalue weighted by Gasteiger charge is 2.43. The first-order valence-electron chi connectivity index (χ1n) is 20.1. The van der Waals surface area contributed by atoms with Crippen molar-refractivity contribution in [3.8, 4) is 0 Å². The predicted octanol–water partition coefficient (Wildman–Crippen LogP) is 8.08. The highest BCUT2D eigenvalue weighted by molar-refractivity contribution is 6.05. The lowest BCUT2D eigenvalue weighted by atomic mass is 9.76. The predicted molar refractivity (Wildman–Crippen MR) is 209 cm³/mol. The molecule has 3 aromatic rings. The van der Waals surface area contributed by atoms with Gasteiger partial charge in [0.05, 0.1) is 5.92 Å². The molecule has 3 atom stereocenters. The minimum absolute atomic E-state index is 0.0831. The molecule has 3 N–H and O–H groups in total. The number of carboxylic acid groups (broad SMARTS) is 1. The van der Waals surface area contributed by atoms with Crippen LogP contribution < -0.4 is 10.6 Å². The van der Waals surface area contributed by atoms with Crippen LogP contribution in [0.5, 0.6) is 0 Å². The van der Waals surface area contributed by atoms with E-state index in [1.165, 1.54) is 48.4 Å². The van der Waals surface area contributed by atoms with Gasteiger partial charge in [0.2, 0.25) is 11.8 Å². The monoisotopic (exact) mass is 726 g/mol. The van der Waals surface area contributed by atoms with Crippen LogP contribution in [0.1, 0.15) is 122 Å². The maximum atomic E-state index is 14.3. The van der Waals surface area contributed by atoms with Gasteiger partial charge in [-0.15, -0.1) is 0 Å². The van der Waals surface area contributed by atoms with E-state index in [0.717, 1.165) is 69.6 Å². The molecule has 9 nitrogen and oxygen atoms in total. The number of piperidine rings is 1. The Kier molecular flexibility index (Phi) is 10.2. The Morgan fingerprint density at radius 3 is 2.31 bits per heavy atom. The number of fused-ring (bicyclic) bond motifs is 5. The molecule has 3 fully saturated rings. The number of nitrogens with zero attached hydrogens (tertiary/aromatic N) is 2. The molecule has 0 bridgehead atoms. The van der Waals surface area contributed by atoms with Crippen molar-refractivity contribution in [2.75, 3.05) is 18.4 Å². The van der Waals surface area contributed by atoms with Crippen molar-refractivity contribution in [3.63, 3.8) is 0 Å². The van der Waals surface area contributed by atoms with Crippen molar-refractivity contribution in [3.05, 3.63) is 94.5 Å². The average molecular weight is 727 g/mol. The molecule has 280 valence electrons. The normalized spacial score (nSPS) is 23.6. The van der Waals surface area contributed by atoms with Crippen LogP contribution in [0.25, 0.3) is 17.0 Å². The molecule has 0 spiro atoms. The average Bonchev–Trinajstić information content (AvgIpc) is 3.76. The van der Waals surface area contributed by atoms with E-state index in [1.54, 1.807) is 24.3 Å². The molecule has 3 amide bonds. The van der Waals surface area contributed by atoms with Crippen molar-refractivity contribution in [2.45, 2.75) is 107 Å². The summed E-state index contributed by atoms with van der Waals surface area (Å²) in [6.07, 6.45) is 19.6.